The third-order valence-electron chi connectivity index (χ3n) is 6.60. The maximum Gasteiger partial charge on any atom is 0.326 e. The molecule has 44 heavy (non-hydrogen) atoms. The van der Waals surface area contributed by atoms with Crippen molar-refractivity contribution in [1.29, 1.82) is 0 Å². The van der Waals surface area contributed by atoms with Crippen molar-refractivity contribution in [3.63, 3.8) is 0 Å². The molecule has 5 aromatic carbocycles. The van der Waals surface area contributed by atoms with Crippen LogP contribution < -0.4 is 9.47 Å². The van der Waals surface area contributed by atoms with Crippen LogP contribution in [0.1, 0.15) is 0 Å². The van der Waals surface area contributed by atoms with E-state index in [0.29, 0.717) is 34.8 Å². The van der Waals surface area contributed by atoms with Crippen LogP contribution in [0.3, 0.4) is 0 Å². The molecule has 0 atom stereocenters. The summed E-state index contributed by atoms with van der Waals surface area (Å²) in [6.07, 6.45) is 0. The van der Waals surface area contributed by atoms with Gasteiger partial charge in [0.05, 0.1) is 0 Å². The highest BCUT2D eigenvalue weighted by atomic mass is 16.5. The summed E-state index contributed by atoms with van der Waals surface area (Å²) >= 11 is 0. The Balaban J connectivity index is 1.16. The third kappa shape index (κ3) is 6.14. The van der Waals surface area contributed by atoms with Crippen molar-refractivity contribution in [2.24, 2.45) is 0 Å². The molecule has 0 spiro atoms. The molecule has 2 heterocycles. The number of benzene rings is 5. The fraction of sp³-hybridized carbons (Fsp3) is 0. The molecule has 0 saturated carbocycles. The average Bonchev–Trinajstić information content (AvgIpc) is 3.10. The minimum atomic E-state index is 0.184. The molecule has 0 aliphatic rings. The number of hydrogen-bond acceptors (Lipinski definition) is 8. The van der Waals surface area contributed by atoms with Crippen molar-refractivity contribution in [2.45, 2.75) is 0 Å². The zero-order chi connectivity index (χ0) is 29.6. The molecule has 0 amide bonds. The summed E-state index contributed by atoms with van der Waals surface area (Å²) in [5.41, 5.74) is 3.45. The van der Waals surface area contributed by atoms with Crippen LogP contribution in [0.25, 0.3) is 45.6 Å². The predicted molar refractivity (Wildman–Crippen MR) is 168 cm³/mol. The lowest BCUT2D eigenvalue weighted by Crippen LogP contribution is -2.01. The number of nitrogens with zero attached hydrogens (tertiary/aromatic N) is 6. The minimum absolute atomic E-state index is 0.184. The largest absolute Gasteiger partial charge is 0.424 e. The summed E-state index contributed by atoms with van der Waals surface area (Å²) in [5.74, 6) is 3.15. The molecular formula is C36H24N6O2. The fourth-order valence-corrected chi connectivity index (χ4v) is 4.46. The van der Waals surface area contributed by atoms with Crippen molar-refractivity contribution < 1.29 is 9.47 Å². The van der Waals surface area contributed by atoms with E-state index in [4.69, 9.17) is 19.4 Å². The van der Waals surface area contributed by atoms with Crippen molar-refractivity contribution in [1.82, 2.24) is 29.9 Å². The van der Waals surface area contributed by atoms with E-state index in [-0.39, 0.29) is 12.0 Å². The topological polar surface area (TPSA) is 95.8 Å². The first-order valence-electron chi connectivity index (χ1n) is 14.0. The Bertz CT molecular complexity index is 1730. The summed E-state index contributed by atoms with van der Waals surface area (Å²) in [5, 5.41) is 0. The monoisotopic (exact) mass is 572 g/mol. The van der Waals surface area contributed by atoms with Crippen molar-refractivity contribution >= 4 is 0 Å². The fourth-order valence-electron chi connectivity index (χ4n) is 4.46. The second-order valence-electron chi connectivity index (χ2n) is 9.67. The van der Waals surface area contributed by atoms with Gasteiger partial charge in [0.15, 0.2) is 23.3 Å². The van der Waals surface area contributed by atoms with E-state index in [1.807, 2.05) is 121 Å². The van der Waals surface area contributed by atoms with Gasteiger partial charge in [-0.1, -0.05) is 121 Å². The smallest absolute Gasteiger partial charge is 0.326 e. The molecule has 2 aromatic heterocycles. The average molecular weight is 573 g/mol. The van der Waals surface area contributed by atoms with Crippen LogP contribution in [-0.4, -0.2) is 29.9 Å². The number of ether oxygens (including phenoxy) is 2. The Hall–Kier alpha value is -6.28. The van der Waals surface area contributed by atoms with E-state index in [2.05, 4.69) is 19.9 Å². The molecule has 0 N–H and O–H groups in total. The van der Waals surface area contributed by atoms with Gasteiger partial charge >= 0.3 is 12.0 Å². The van der Waals surface area contributed by atoms with Crippen molar-refractivity contribution in [3.8, 4) is 69.1 Å². The van der Waals surface area contributed by atoms with E-state index in [1.54, 1.807) is 24.3 Å². The van der Waals surface area contributed by atoms with Gasteiger partial charge in [-0.2, -0.15) is 19.9 Å². The van der Waals surface area contributed by atoms with Gasteiger partial charge < -0.3 is 9.47 Å². The van der Waals surface area contributed by atoms with Crippen LogP contribution in [0.2, 0.25) is 0 Å². The van der Waals surface area contributed by atoms with Crippen molar-refractivity contribution in [3.05, 3.63) is 146 Å². The predicted octanol–water partition coefficient (Wildman–Crippen LogP) is 8.31. The summed E-state index contributed by atoms with van der Waals surface area (Å²) < 4.78 is 12.2. The van der Waals surface area contributed by atoms with Crippen LogP contribution in [0.15, 0.2) is 146 Å². The second-order valence-corrected chi connectivity index (χ2v) is 9.67. The Labute approximate surface area is 253 Å². The molecule has 0 aliphatic carbocycles. The van der Waals surface area contributed by atoms with Crippen LogP contribution in [0, 0.1) is 0 Å². The first kappa shape index (κ1) is 26.6. The van der Waals surface area contributed by atoms with Gasteiger partial charge in [-0.05, 0) is 24.3 Å². The van der Waals surface area contributed by atoms with Crippen molar-refractivity contribution in [2.75, 3.05) is 0 Å². The summed E-state index contributed by atoms with van der Waals surface area (Å²) in [6.45, 7) is 0. The number of hydrogen-bond donors (Lipinski definition) is 0. The van der Waals surface area contributed by atoms with Crippen LogP contribution in [0.4, 0.5) is 0 Å². The van der Waals surface area contributed by atoms with Gasteiger partial charge in [0.25, 0.3) is 0 Å². The van der Waals surface area contributed by atoms with E-state index in [0.717, 1.165) is 22.3 Å². The van der Waals surface area contributed by atoms with Gasteiger partial charge in [-0.25, -0.2) is 9.97 Å². The summed E-state index contributed by atoms with van der Waals surface area (Å²) in [6, 6.07) is 46.4. The third-order valence-corrected chi connectivity index (χ3v) is 6.60. The molecule has 0 radical (unpaired) electrons. The lowest BCUT2D eigenvalue weighted by molar-refractivity contribution is 0.429. The number of rotatable bonds is 8. The molecule has 8 nitrogen and oxygen atoms in total. The molecule has 0 saturated heterocycles. The van der Waals surface area contributed by atoms with E-state index in [9.17, 15) is 0 Å². The first-order chi connectivity index (χ1) is 21.8. The maximum atomic E-state index is 6.10. The summed E-state index contributed by atoms with van der Waals surface area (Å²) in [4.78, 5) is 27.7. The van der Waals surface area contributed by atoms with Gasteiger partial charge in [-0.3, -0.25) is 0 Å². The Morgan fingerprint density at radius 2 is 0.523 bits per heavy atom. The van der Waals surface area contributed by atoms with E-state index >= 15 is 0 Å². The molecule has 0 fully saturated rings. The maximum absolute atomic E-state index is 6.10. The molecule has 7 rings (SSSR count). The highest BCUT2D eigenvalue weighted by molar-refractivity contribution is 5.62. The molecule has 8 heteroatoms. The van der Waals surface area contributed by atoms with Gasteiger partial charge in [0.2, 0.25) is 0 Å². The molecule has 0 aliphatic heterocycles. The lowest BCUT2D eigenvalue weighted by atomic mass is 10.2. The van der Waals surface area contributed by atoms with E-state index < -0.39 is 0 Å². The normalized spacial score (nSPS) is 10.7. The number of aromatic nitrogens is 6. The lowest BCUT2D eigenvalue weighted by Gasteiger charge is -2.10. The second kappa shape index (κ2) is 12.3. The SMILES string of the molecule is c1ccc(-c2nc(Oc3ccc(Oc4nc(-c5ccccc5)nc(-c5ccccc5)n4)cc3)nc(-c3ccccc3)n2)cc1. The molecule has 7 aromatic rings. The van der Waals surface area contributed by atoms with Gasteiger partial charge in [0, 0.05) is 22.3 Å². The van der Waals surface area contributed by atoms with Gasteiger partial charge in [-0.15, -0.1) is 0 Å². The van der Waals surface area contributed by atoms with Crippen LogP contribution in [-0.2, 0) is 0 Å². The minimum Gasteiger partial charge on any atom is -0.424 e. The highest BCUT2D eigenvalue weighted by Crippen LogP contribution is 2.29. The zero-order valence-electron chi connectivity index (χ0n) is 23.4. The zero-order valence-corrected chi connectivity index (χ0v) is 23.4. The molecule has 0 bridgehead atoms. The molecule has 210 valence electrons. The quantitative estimate of drug-likeness (QED) is 0.179. The Kier molecular flexibility index (Phi) is 7.44. The Morgan fingerprint density at radius 1 is 0.273 bits per heavy atom. The first-order valence-corrected chi connectivity index (χ1v) is 14.0. The van der Waals surface area contributed by atoms with Crippen LogP contribution in [0.5, 0.6) is 23.5 Å². The highest BCUT2D eigenvalue weighted by Gasteiger charge is 2.14. The van der Waals surface area contributed by atoms with Crippen LogP contribution >= 0.6 is 0 Å². The molecular weight excluding hydrogens is 548 g/mol. The standard InChI is InChI=1S/C36H24N6O2/c1-5-13-25(14-6-1)31-37-32(26-15-7-2-8-16-26)40-35(39-31)43-29-21-23-30(24-22-29)44-36-41-33(27-17-9-3-10-18-27)38-34(42-36)28-19-11-4-12-20-28/h1-24H. The van der Waals surface area contributed by atoms with Gasteiger partial charge in [0.1, 0.15) is 11.5 Å². The molecule has 0 unspecified atom stereocenters. The van der Waals surface area contributed by atoms with E-state index in [1.165, 1.54) is 0 Å². The summed E-state index contributed by atoms with van der Waals surface area (Å²) in [7, 11) is 0. The Morgan fingerprint density at radius 3 is 0.773 bits per heavy atom.